The van der Waals surface area contributed by atoms with Gasteiger partial charge < -0.3 is 0 Å². The molecule has 0 aliphatic rings. The first-order valence-electron chi connectivity index (χ1n) is 14.4. The molecule has 0 heterocycles. The fraction of sp³-hybridized carbons (Fsp3) is 0.263. The summed E-state index contributed by atoms with van der Waals surface area (Å²) in [5.41, 5.74) is 4.01. The summed E-state index contributed by atoms with van der Waals surface area (Å²) in [7, 11) is -2.24. The van der Waals surface area contributed by atoms with Crippen LogP contribution in [0.15, 0.2) is 150 Å². The van der Waals surface area contributed by atoms with Crippen LogP contribution in [0.5, 0.6) is 0 Å². The van der Waals surface area contributed by atoms with Crippen LogP contribution in [0, 0.1) is 5.92 Å². The molecule has 204 valence electrons. The van der Waals surface area contributed by atoms with Gasteiger partial charge in [0.15, 0.2) is 0 Å². The second-order valence-electron chi connectivity index (χ2n) is 11.1. The SMILES string of the molecule is CC(C=CC=C(C)CCCC(C)C)=CC=CC(C)=CC[PH](c1ccccc1)(c1ccccc1)c1ccccc1. The molecule has 0 spiro atoms. The molecule has 3 aromatic carbocycles. The summed E-state index contributed by atoms with van der Waals surface area (Å²) in [6, 6.07) is 33.4. The van der Waals surface area contributed by atoms with Crippen molar-refractivity contribution in [3.63, 3.8) is 0 Å². The topological polar surface area (TPSA) is 0 Å². The summed E-state index contributed by atoms with van der Waals surface area (Å²) in [5.74, 6) is 0.789. The minimum atomic E-state index is -2.24. The van der Waals surface area contributed by atoms with Crippen molar-refractivity contribution in [2.24, 2.45) is 5.92 Å². The van der Waals surface area contributed by atoms with Crippen molar-refractivity contribution >= 4 is 23.2 Å². The van der Waals surface area contributed by atoms with Gasteiger partial charge in [-0.2, -0.15) is 0 Å². The van der Waals surface area contributed by atoms with Crippen LogP contribution in [0.25, 0.3) is 0 Å². The average molecular weight is 535 g/mol. The first kappa shape index (κ1) is 30.3. The zero-order valence-corrected chi connectivity index (χ0v) is 25.6. The third-order valence-electron chi connectivity index (χ3n) is 7.34. The fourth-order valence-electron chi connectivity index (χ4n) is 5.05. The van der Waals surface area contributed by atoms with Crippen LogP contribution < -0.4 is 15.9 Å². The molecule has 0 nitrogen and oxygen atoms in total. The first-order valence-corrected chi connectivity index (χ1v) is 16.6. The Bertz CT molecular complexity index is 1180. The zero-order chi connectivity index (χ0) is 27.9. The van der Waals surface area contributed by atoms with E-state index in [1.54, 1.807) is 0 Å². The van der Waals surface area contributed by atoms with Crippen LogP contribution in [0.1, 0.15) is 53.9 Å². The summed E-state index contributed by atoms with van der Waals surface area (Å²) >= 11 is 0. The van der Waals surface area contributed by atoms with E-state index in [2.05, 4.69) is 168 Å². The Hall–Kier alpha value is -3.21. The van der Waals surface area contributed by atoms with E-state index in [0.29, 0.717) is 0 Å². The number of hydrogen-bond donors (Lipinski definition) is 0. The summed E-state index contributed by atoms with van der Waals surface area (Å²) in [4.78, 5) is 0. The molecular weight excluding hydrogens is 487 g/mol. The third-order valence-corrected chi connectivity index (χ3v) is 12.1. The van der Waals surface area contributed by atoms with Gasteiger partial charge in [-0.15, -0.1) is 0 Å². The maximum absolute atomic E-state index is 2.44. The van der Waals surface area contributed by atoms with Crippen LogP contribution in [0.2, 0.25) is 0 Å². The number of allylic oxidation sites excluding steroid dienone is 10. The molecule has 0 aliphatic heterocycles. The normalized spacial score (nSPS) is 14.1. The molecule has 1 heteroatoms. The molecule has 0 aromatic heterocycles. The Morgan fingerprint density at radius 1 is 0.641 bits per heavy atom. The van der Waals surface area contributed by atoms with Crippen LogP contribution >= 0.6 is 7.26 Å². The van der Waals surface area contributed by atoms with Gasteiger partial charge >= 0.3 is 207 Å². The van der Waals surface area contributed by atoms with Crippen molar-refractivity contribution < 1.29 is 0 Å². The molecule has 3 rings (SSSR count). The summed E-state index contributed by atoms with van der Waals surface area (Å²) < 4.78 is 0. The molecule has 0 amide bonds. The predicted molar refractivity (Wildman–Crippen MR) is 180 cm³/mol. The molecule has 0 N–H and O–H groups in total. The van der Waals surface area contributed by atoms with Crippen molar-refractivity contribution in [3.8, 4) is 0 Å². The molecule has 0 radical (unpaired) electrons. The van der Waals surface area contributed by atoms with Crippen molar-refractivity contribution in [1.82, 2.24) is 0 Å². The number of benzene rings is 3. The molecule has 3 aromatic rings. The van der Waals surface area contributed by atoms with Crippen molar-refractivity contribution in [2.75, 3.05) is 6.16 Å². The molecular formula is C38H47P. The number of hydrogen-bond acceptors (Lipinski definition) is 0. The van der Waals surface area contributed by atoms with Crippen molar-refractivity contribution in [3.05, 3.63) is 150 Å². The molecule has 39 heavy (non-hydrogen) atoms. The summed E-state index contributed by atoms with van der Waals surface area (Å²) in [6.45, 7) is 11.2. The van der Waals surface area contributed by atoms with E-state index in [9.17, 15) is 0 Å². The number of rotatable bonds is 13. The van der Waals surface area contributed by atoms with E-state index in [1.165, 1.54) is 51.9 Å². The van der Waals surface area contributed by atoms with Crippen LogP contribution in [0.3, 0.4) is 0 Å². The fourth-order valence-corrected chi connectivity index (χ4v) is 9.67. The molecule has 0 saturated heterocycles. The zero-order valence-electron chi connectivity index (χ0n) is 24.6. The maximum atomic E-state index is 2.44. The van der Waals surface area contributed by atoms with Crippen molar-refractivity contribution in [1.29, 1.82) is 0 Å². The quantitative estimate of drug-likeness (QED) is 0.151. The van der Waals surface area contributed by atoms with E-state index in [-0.39, 0.29) is 0 Å². The van der Waals surface area contributed by atoms with Gasteiger partial charge in [-0.25, -0.2) is 0 Å². The second kappa shape index (κ2) is 16.0. The van der Waals surface area contributed by atoms with Crippen LogP contribution in [0.4, 0.5) is 0 Å². The van der Waals surface area contributed by atoms with Gasteiger partial charge in [0, 0.05) is 0 Å². The van der Waals surface area contributed by atoms with E-state index in [0.717, 1.165) is 12.1 Å². The molecule has 0 aliphatic carbocycles. The monoisotopic (exact) mass is 534 g/mol. The standard InChI is InChI=1S/C38H47P/c1-32(2)18-15-19-33(3)20-16-21-34(4)22-17-23-35(5)30-31-39(36-24-9-6-10-25-36,37-26-11-7-12-27-37)38-28-13-8-14-29-38/h6-14,16-17,20-30,32,39H,15,18-19,31H2,1-5H3. The van der Waals surface area contributed by atoms with E-state index >= 15 is 0 Å². The van der Waals surface area contributed by atoms with Gasteiger partial charge in [0.1, 0.15) is 0 Å². The van der Waals surface area contributed by atoms with Gasteiger partial charge in [0.2, 0.25) is 0 Å². The Morgan fingerprint density at radius 2 is 1.10 bits per heavy atom. The van der Waals surface area contributed by atoms with E-state index < -0.39 is 7.26 Å². The van der Waals surface area contributed by atoms with Crippen molar-refractivity contribution in [2.45, 2.75) is 53.9 Å². The second-order valence-corrected chi connectivity index (χ2v) is 15.0. The third kappa shape index (κ3) is 9.49. The summed E-state index contributed by atoms with van der Waals surface area (Å²) in [5, 5.41) is 4.34. The Balaban J connectivity index is 1.79. The molecule has 0 bridgehead atoms. The molecule has 0 saturated carbocycles. The molecule has 0 unspecified atom stereocenters. The minimum absolute atomic E-state index is 0.789. The Kier molecular flexibility index (Phi) is 12.5. The van der Waals surface area contributed by atoms with Gasteiger partial charge in [0.05, 0.1) is 0 Å². The van der Waals surface area contributed by atoms with E-state index in [4.69, 9.17) is 0 Å². The molecule has 0 fully saturated rings. The predicted octanol–water partition coefficient (Wildman–Crippen LogP) is 9.49. The van der Waals surface area contributed by atoms with Crippen LogP contribution in [-0.2, 0) is 0 Å². The van der Waals surface area contributed by atoms with Gasteiger partial charge in [0.25, 0.3) is 0 Å². The molecule has 0 atom stereocenters. The summed E-state index contributed by atoms with van der Waals surface area (Å²) in [6.07, 6.45) is 20.5. The van der Waals surface area contributed by atoms with Gasteiger partial charge in [-0.05, 0) is 12.3 Å². The first-order chi connectivity index (χ1) is 18.9. The van der Waals surface area contributed by atoms with Gasteiger partial charge in [-0.1, -0.05) is 20.3 Å². The van der Waals surface area contributed by atoms with Crippen LogP contribution in [-0.4, -0.2) is 6.16 Å². The average Bonchev–Trinajstić information content (AvgIpc) is 2.95. The Morgan fingerprint density at radius 3 is 1.59 bits per heavy atom. The van der Waals surface area contributed by atoms with E-state index in [1.807, 2.05) is 0 Å². The Labute approximate surface area is 238 Å². The van der Waals surface area contributed by atoms with Gasteiger partial charge in [-0.3, -0.25) is 0 Å².